The summed E-state index contributed by atoms with van der Waals surface area (Å²) < 4.78 is 12.9. The Morgan fingerprint density at radius 2 is 2.12 bits per heavy atom. The number of thioether (sulfide) groups is 1. The zero-order chi connectivity index (χ0) is 12.3. The first-order valence-electron chi connectivity index (χ1n) is 4.85. The fraction of sp³-hybridized carbons (Fsp3) is 0.455. The quantitative estimate of drug-likeness (QED) is 0.811. The molecule has 1 heterocycles. The number of pyridine rings is 1. The van der Waals surface area contributed by atoms with E-state index in [1.54, 1.807) is 0 Å². The van der Waals surface area contributed by atoms with Crippen molar-refractivity contribution in [1.82, 2.24) is 4.98 Å². The number of carbonyl (C=O) groups is 1. The van der Waals surface area contributed by atoms with Crippen molar-refractivity contribution in [3.8, 4) is 0 Å². The number of nitrogens with one attached hydrogen (secondary N) is 1. The fourth-order valence-electron chi connectivity index (χ4n) is 0.965. The monoisotopic (exact) mass is 242 g/mol. The average molecular weight is 242 g/mol. The Morgan fingerprint density at radius 3 is 2.62 bits per heavy atom. The number of halogens is 1. The second kappa shape index (κ2) is 4.82. The van der Waals surface area contributed by atoms with Crippen LogP contribution in [0.15, 0.2) is 17.2 Å². The van der Waals surface area contributed by atoms with Gasteiger partial charge in [0.15, 0.2) is 0 Å². The third-order valence-corrected chi connectivity index (χ3v) is 2.70. The summed E-state index contributed by atoms with van der Waals surface area (Å²) in [5, 5.41) is 2.69. The molecule has 0 bridgehead atoms. The fourth-order valence-corrected chi connectivity index (χ4v) is 1.49. The first kappa shape index (κ1) is 13.0. The average Bonchev–Trinajstić information content (AvgIpc) is 2.19. The standard InChI is InChI=1S/C11H15FN2OS/c1-11(2,3)10(15)14-9-8(16-4)5-7(12)6-13-9/h5-6H,1-4H3,(H,13,14,15). The first-order valence-corrected chi connectivity index (χ1v) is 6.08. The largest absolute Gasteiger partial charge is 0.309 e. The number of carbonyl (C=O) groups excluding carboxylic acids is 1. The van der Waals surface area contributed by atoms with Crippen molar-refractivity contribution in [2.24, 2.45) is 5.41 Å². The maximum Gasteiger partial charge on any atom is 0.230 e. The summed E-state index contributed by atoms with van der Waals surface area (Å²) in [4.78, 5) is 16.2. The minimum absolute atomic E-state index is 0.137. The van der Waals surface area contributed by atoms with Crippen LogP contribution < -0.4 is 5.32 Å². The van der Waals surface area contributed by atoms with Gasteiger partial charge in [-0.2, -0.15) is 0 Å². The Kier molecular flexibility index (Phi) is 3.91. The van der Waals surface area contributed by atoms with Crippen LogP contribution in [0.5, 0.6) is 0 Å². The smallest absolute Gasteiger partial charge is 0.230 e. The lowest BCUT2D eigenvalue weighted by Crippen LogP contribution is -2.28. The summed E-state index contributed by atoms with van der Waals surface area (Å²) in [6.45, 7) is 5.43. The SMILES string of the molecule is CSc1cc(F)cnc1NC(=O)C(C)(C)C. The maximum absolute atomic E-state index is 12.9. The number of aromatic nitrogens is 1. The Balaban J connectivity index is 2.93. The number of anilines is 1. The van der Waals surface area contributed by atoms with E-state index in [1.165, 1.54) is 17.8 Å². The Bertz CT molecular complexity index is 401. The minimum Gasteiger partial charge on any atom is -0.309 e. The van der Waals surface area contributed by atoms with Crippen LogP contribution >= 0.6 is 11.8 Å². The van der Waals surface area contributed by atoms with E-state index in [9.17, 15) is 9.18 Å². The van der Waals surface area contributed by atoms with E-state index in [1.807, 2.05) is 27.0 Å². The van der Waals surface area contributed by atoms with Crippen LogP contribution in [0, 0.1) is 11.2 Å². The predicted octanol–water partition coefficient (Wildman–Crippen LogP) is 2.93. The summed E-state index contributed by atoms with van der Waals surface area (Å²) in [5.74, 6) is -0.131. The summed E-state index contributed by atoms with van der Waals surface area (Å²) >= 11 is 1.34. The minimum atomic E-state index is -0.494. The van der Waals surface area contributed by atoms with Gasteiger partial charge in [0, 0.05) is 5.41 Å². The van der Waals surface area contributed by atoms with Gasteiger partial charge in [-0.05, 0) is 12.3 Å². The maximum atomic E-state index is 12.9. The first-order chi connectivity index (χ1) is 7.34. The van der Waals surface area contributed by atoms with Gasteiger partial charge in [0.1, 0.15) is 11.6 Å². The Labute approximate surface area is 98.8 Å². The van der Waals surface area contributed by atoms with Gasteiger partial charge >= 0.3 is 0 Å². The zero-order valence-corrected chi connectivity index (χ0v) is 10.6. The number of nitrogens with zero attached hydrogens (tertiary/aromatic N) is 1. The van der Waals surface area contributed by atoms with Crippen LogP contribution in [0.25, 0.3) is 0 Å². The molecular formula is C11H15FN2OS. The molecule has 0 saturated heterocycles. The van der Waals surface area contributed by atoms with E-state index in [0.717, 1.165) is 6.20 Å². The van der Waals surface area contributed by atoms with Crippen LogP contribution in [0.2, 0.25) is 0 Å². The van der Waals surface area contributed by atoms with Crippen molar-refractivity contribution in [3.05, 3.63) is 18.1 Å². The number of rotatable bonds is 2. The van der Waals surface area contributed by atoms with Gasteiger partial charge in [0.25, 0.3) is 0 Å². The molecule has 0 aliphatic carbocycles. The van der Waals surface area contributed by atoms with Gasteiger partial charge in [-0.25, -0.2) is 9.37 Å². The lowest BCUT2D eigenvalue weighted by molar-refractivity contribution is -0.123. The molecule has 1 amide bonds. The molecule has 16 heavy (non-hydrogen) atoms. The summed E-state index contributed by atoms with van der Waals surface area (Å²) in [7, 11) is 0. The number of hydrogen-bond donors (Lipinski definition) is 1. The summed E-state index contributed by atoms with van der Waals surface area (Å²) in [6.07, 6.45) is 2.90. The molecule has 0 saturated carbocycles. The number of hydrogen-bond acceptors (Lipinski definition) is 3. The highest BCUT2D eigenvalue weighted by atomic mass is 32.2. The summed E-state index contributed by atoms with van der Waals surface area (Å²) in [6, 6.07) is 1.36. The predicted molar refractivity (Wildman–Crippen MR) is 64.1 cm³/mol. The molecule has 5 heteroatoms. The normalized spacial score (nSPS) is 11.3. The van der Waals surface area contributed by atoms with E-state index in [0.29, 0.717) is 10.7 Å². The van der Waals surface area contributed by atoms with Gasteiger partial charge in [0.05, 0.1) is 11.1 Å². The molecule has 3 nitrogen and oxygen atoms in total. The molecule has 0 radical (unpaired) electrons. The van der Waals surface area contributed by atoms with Crippen molar-refractivity contribution < 1.29 is 9.18 Å². The molecule has 0 aliphatic rings. The van der Waals surface area contributed by atoms with E-state index in [-0.39, 0.29) is 5.91 Å². The second-order valence-electron chi connectivity index (χ2n) is 4.41. The molecule has 1 aromatic heterocycles. The zero-order valence-electron chi connectivity index (χ0n) is 9.80. The van der Waals surface area contributed by atoms with Crippen LogP contribution in [0.4, 0.5) is 10.2 Å². The third-order valence-electron chi connectivity index (χ3n) is 1.95. The van der Waals surface area contributed by atoms with Crippen LogP contribution in [-0.2, 0) is 4.79 Å². The van der Waals surface area contributed by atoms with Gasteiger partial charge in [0.2, 0.25) is 5.91 Å². The molecule has 1 aromatic rings. The molecule has 0 spiro atoms. The van der Waals surface area contributed by atoms with Gasteiger partial charge < -0.3 is 5.32 Å². The van der Waals surface area contributed by atoms with Crippen molar-refractivity contribution in [2.45, 2.75) is 25.7 Å². The molecule has 1 N–H and O–H groups in total. The van der Waals surface area contributed by atoms with Crippen LogP contribution in [-0.4, -0.2) is 17.1 Å². The van der Waals surface area contributed by atoms with Crippen LogP contribution in [0.3, 0.4) is 0 Å². The lowest BCUT2D eigenvalue weighted by Gasteiger charge is -2.18. The van der Waals surface area contributed by atoms with E-state index >= 15 is 0 Å². The van der Waals surface area contributed by atoms with Gasteiger partial charge in [-0.15, -0.1) is 11.8 Å². The van der Waals surface area contributed by atoms with Crippen molar-refractivity contribution in [2.75, 3.05) is 11.6 Å². The third kappa shape index (κ3) is 3.20. The van der Waals surface area contributed by atoms with Crippen LogP contribution in [0.1, 0.15) is 20.8 Å². The molecule has 1 rings (SSSR count). The van der Waals surface area contributed by atoms with Gasteiger partial charge in [-0.3, -0.25) is 4.79 Å². The van der Waals surface area contributed by atoms with Crippen molar-refractivity contribution in [3.63, 3.8) is 0 Å². The van der Waals surface area contributed by atoms with Gasteiger partial charge in [-0.1, -0.05) is 20.8 Å². The summed E-state index contributed by atoms with van der Waals surface area (Å²) in [5.41, 5.74) is -0.494. The Morgan fingerprint density at radius 1 is 1.50 bits per heavy atom. The second-order valence-corrected chi connectivity index (χ2v) is 5.26. The molecule has 0 fully saturated rings. The molecule has 0 aliphatic heterocycles. The Hall–Kier alpha value is -1.10. The van der Waals surface area contributed by atoms with Crippen molar-refractivity contribution in [1.29, 1.82) is 0 Å². The molecule has 88 valence electrons. The molecular weight excluding hydrogens is 227 g/mol. The topological polar surface area (TPSA) is 42.0 Å². The lowest BCUT2D eigenvalue weighted by atomic mass is 9.96. The van der Waals surface area contributed by atoms with E-state index < -0.39 is 11.2 Å². The highest BCUT2D eigenvalue weighted by molar-refractivity contribution is 7.98. The molecule has 0 unspecified atom stereocenters. The van der Waals surface area contributed by atoms with E-state index in [2.05, 4.69) is 10.3 Å². The number of amides is 1. The molecule has 0 atom stereocenters. The van der Waals surface area contributed by atoms with E-state index in [4.69, 9.17) is 0 Å². The highest BCUT2D eigenvalue weighted by Crippen LogP contribution is 2.25. The highest BCUT2D eigenvalue weighted by Gasteiger charge is 2.22. The van der Waals surface area contributed by atoms with Crippen molar-refractivity contribution >= 4 is 23.5 Å². The molecule has 0 aromatic carbocycles.